The zero-order valence-corrected chi connectivity index (χ0v) is 15.0. The largest absolute Gasteiger partial charge is 0.497 e. The molecule has 0 aliphatic carbocycles. The van der Waals surface area contributed by atoms with Gasteiger partial charge < -0.3 is 20.1 Å². The van der Waals surface area contributed by atoms with Crippen LogP contribution in [-0.2, 0) is 0 Å². The zero-order chi connectivity index (χ0) is 18.1. The Morgan fingerprint density at radius 1 is 1.08 bits per heavy atom. The maximum atomic E-state index is 12.4. The molecule has 2 N–H and O–H groups in total. The van der Waals surface area contributed by atoms with Crippen LogP contribution in [0.1, 0.15) is 36.5 Å². The third kappa shape index (κ3) is 5.67. The number of pyridine rings is 1. The van der Waals surface area contributed by atoms with Crippen LogP contribution in [0.4, 0.5) is 11.5 Å². The molecule has 25 heavy (non-hydrogen) atoms. The first-order chi connectivity index (χ1) is 12.2. The standard InChI is InChI=1S/C19H25N3O3/c1-4-5-6-9-20-18-8-7-15(13-21-18)22-19(23)14-10-16(24-2)12-17(11-14)25-3/h7-8,10-13H,4-6,9H2,1-3H3,(H,20,21)(H,22,23). The highest BCUT2D eigenvalue weighted by Gasteiger charge is 2.10. The van der Waals surface area contributed by atoms with E-state index >= 15 is 0 Å². The number of nitrogens with zero attached hydrogens (tertiary/aromatic N) is 1. The number of amides is 1. The first kappa shape index (κ1) is 18.6. The van der Waals surface area contributed by atoms with Crippen molar-refractivity contribution in [1.82, 2.24) is 4.98 Å². The SMILES string of the molecule is CCCCCNc1ccc(NC(=O)c2cc(OC)cc(OC)c2)cn1. The van der Waals surface area contributed by atoms with Crippen molar-refractivity contribution < 1.29 is 14.3 Å². The summed E-state index contributed by atoms with van der Waals surface area (Å²) in [4.78, 5) is 16.7. The van der Waals surface area contributed by atoms with Gasteiger partial charge in [-0.25, -0.2) is 4.98 Å². The molecule has 0 spiro atoms. The molecule has 2 aromatic rings. The average Bonchev–Trinajstić information content (AvgIpc) is 2.66. The Kier molecular flexibility index (Phi) is 7.07. The van der Waals surface area contributed by atoms with Crippen LogP contribution < -0.4 is 20.1 Å². The molecule has 134 valence electrons. The summed E-state index contributed by atoms with van der Waals surface area (Å²) in [5, 5.41) is 6.09. The molecule has 1 heterocycles. The minimum absolute atomic E-state index is 0.248. The van der Waals surface area contributed by atoms with Gasteiger partial charge in [0.25, 0.3) is 5.91 Å². The van der Waals surface area contributed by atoms with Gasteiger partial charge in [0.1, 0.15) is 17.3 Å². The number of aromatic nitrogens is 1. The molecule has 2 rings (SSSR count). The monoisotopic (exact) mass is 343 g/mol. The highest BCUT2D eigenvalue weighted by atomic mass is 16.5. The molecule has 6 heteroatoms. The maximum Gasteiger partial charge on any atom is 0.255 e. The van der Waals surface area contributed by atoms with Gasteiger partial charge in [-0.05, 0) is 30.7 Å². The van der Waals surface area contributed by atoms with Crippen molar-refractivity contribution in [2.45, 2.75) is 26.2 Å². The van der Waals surface area contributed by atoms with Crippen LogP contribution in [0.3, 0.4) is 0 Å². The smallest absolute Gasteiger partial charge is 0.255 e. The Morgan fingerprint density at radius 2 is 1.80 bits per heavy atom. The van der Waals surface area contributed by atoms with Crippen molar-refractivity contribution in [2.75, 3.05) is 31.4 Å². The van der Waals surface area contributed by atoms with Gasteiger partial charge in [0, 0.05) is 18.2 Å². The van der Waals surface area contributed by atoms with E-state index in [1.54, 1.807) is 38.6 Å². The van der Waals surface area contributed by atoms with Crippen LogP contribution in [0.5, 0.6) is 11.5 Å². The van der Waals surface area contributed by atoms with Gasteiger partial charge in [0.2, 0.25) is 0 Å². The minimum atomic E-state index is -0.248. The molecule has 1 aromatic heterocycles. The molecular weight excluding hydrogens is 318 g/mol. The van der Waals surface area contributed by atoms with Crippen LogP contribution in [0.25, 0.3) is 0 Å². The van der Waals surface area contributed by atoms with E-state index < -0.39 is 0 Å². The third-order valence-corrected chi connectivity index (χ3v) is 3.72. The first-order valence-corrected chi connectivity index (χ1v) is 8.40. The van der Waals surface area contributed by atoms with Gasteiger partial charge in [0.05, 0.1) is 26.1 Å². The summed E-state index contributed by atoms with van der Waals surface area (Å²) < 4.78 is 10.4. The Hall–Kier alpha value is -2.76. The predicted molar refractivity (Wildman–Crippen MR) is 99.8 cm³/mol. The zero-order valence-electron chi connectivity index (χ0n) is 15.0. The van der Waals surface area contributed by atoms with Crippen molar-refractivity contribution in [1.29, 1.82) is 0 Å². The molecule has 0 saturated carbocycles. The fraction of sp³-hybridized carbons (Fsp3) is 0.368. The van der Waals surface area contributed by atoms with Gasteiger partial charge >= 0.3 is 0 Å². The van der Waals surface area contributed by atoms with Crippen LogP contribution >= 0.6 is 0 Å². The number of hydrogen-bond acceptors (Lipinski definition) is 5. The summed E-state index contributed by atoms with van der Waals surface area (Å²) in [6.45, 7) is 3.07. The quantitative estimate of drug-likeness (QED) is 0.675. The Morgan fingerprint density at radius 3 is 2.36 bits per heavy atom. The van der Waals surface area contributed by atoms with E-state index in [1.165, 1.54) is 12.8 Å². The summed E-state index contributed by atoms with van der Waals surface area (Å²) in [5.41, 5.74) is 1.09. The molecule has 0 aliphatic heterocycles. The maximum absolute atomic E-state index is 12.4. The van der Waals surface area contributed by atoms with Crippen molar-refractivity contribution in [2.24, 2.45) is 0 Å². The molecule has 0 bridgehead atoms. The molecule has 0 atom stereocenters. The van der Waals surface area contributed by atoms with E-state index in [2.05, 4.69) is 22.5 Å². The Balaban J connectivity index is 1.98. The molecule has 0 unspecified atom stereocenters. The molecule has 6 nitrogen and oxygen atoms in total. The number of anilines is 2. The molecule has 0 aliphatic rings. The van der Waals surface area contributed by atoms with E-state index in [4.69, 9.17) is 9.47 Å². The van der Waals surface area contributed by atoms with Gasteiger partial charge in [-0.3, -0.25) is 4.79 Å². The van der Waals surface area contributed by atoms with E-state index in [-0.39, 0.29) is 5.91 Å². The van der Waals surface area contributed by atoms with E-state index in [0.29, 0.717) is 22.7 Å². The molecule has 0 fully saturated rings. The fourth-order valence-corrected chi connectivity index (χ4v) is 2.31. The Bertz CT molecular complexity index is 665. The number of rotatable bonds is 9. The fourth-order valence-electron chi connectivity index (χ4n) is 2.31. The van der Waals surface area contributed by atoms with Crippen molar-refractivity contribution in [3.05, 3.63) is 42.1 Å². The van der Waals surface area contributed by atoms with Gasteiger partial charge in [-0.1, -0.05) is 19.8 Å². The summed E-state index contributed by atoms with van der Waals surface area (Å²) >= 11 is 0. The van der Waals surface area contributed by atoms with E-state index in [9.17, 15) is 4.79 Å². The van der Waals surface area contributed by atoms with E-state index in [1.807, 2.05) is 12.1 Å². The van der Waals surface area contributed by atoms with Crippen molar-refractivity contribution in [3.8, 4) is 11.5 Å². The topological polar surface area (TPSA) is 72.5 Å². The second-order valence-electron chi connectivity index (χ2n) is 5.62. The Labute approximate surface area is 148 Å². The second-order valence-corrected chi connectivity index (χ2v) is 5.62. The number of ether oxygens (including phenoxy) is 2. The van der Waals surface area contributed by atoms with Crippen LogP contribution in [0.15, 0.2) is 36.5 Å². The molecule has 1 aromatic carbocycles. The van der Waals surface area contributed by atoms with Gasteiger partial charge in [0.15, 0.2) is 0 Å². The average molecular weight is 343 g/mol. The number of hydrogen-bond donors (Lipinski definition) is 2. The number of unbranched alkanes of at least 4 members (excludes halogenated alkanes) is 2. The highest BCUT2D eigenvalue weighted by molar-refractivity contribution is 6.04. The second kappa shape index (κ2) is 9.52. The summed E-state index contributed by atoms with van der Waals surface area (Å²) in [5.74, 6) is 1.68. The van der Waals surface area contributed by atoms with Crippen molar-refractivity contribution in [3.63, 3.8) is 0 Å². The van der Waals surface area contributed by atoms with Gasteiger partial charge in [-0.2, -0.15) is 0 Å². The lowest BCUT2D eigenvalue weighted by molar-refractivity contribution is 0.102. The molecule has 0 saturated heterocycles. The number of carbonyl (C=O) groups is 1. The van der Waals surface area contributed by atoms with E-state index in [0.717, 1.165) is 18.8 Å². The van der Waals surface area contributed by atoms with Crippen LogP contribution in [0, 0.1) is 0 Å². The van der Waals surface area contributed by atoms with Crippen molar-refractivity contribution >= 4 is 17.4 Å². The van der Waals surface area contributed by atoms with Crippen LogP contribution in [-0.4, -0.2) is 31.7 Å². The summed E-state index contributed by atoms with van der Waals surface area (Å²) in [7, 11) is 3.10. The molecular formula is C19H25N3O3. The van der Waals surface area contributed by atoms with Crippen LogP contribution in [0.2, 0.25) is 0 Å². The lowest BCUT2D eigenvalue weighted by Crippen LogP contribution is -2.12. The van der Waals surface area contributed by atoms with Gasteiger partial charge in [-0.15, -0.1) is 0 Å². The summed E-state index contributed by atoms with van der Waals surface area (Å²) in [6.07, 6.45) is 5.14. The lowest BCUT2D eigenvalue weighted by Gasteiger charge is -2.10. The predicted octanol–water partition coefficient (Wildman–Crippen LogP) is 3.95. The highest BCUT2D eigenvalue weighted by Crippen LogP contribution is 2.23. The number of benzene rings is 1. The molecule has 0 radical (unpaired) electrons. The third-order valence-electron chi connectivity index (χ3n) is 3.72. The lowest BCUT2D eigenvalue weighted by atomic mass is 10.2. The number of methoxy groups -OCH3 is 2. The normalized spacial score (nSPS) is 10.2. The summed E-state index contributed by atoms with van der Waals surface area (Å²) in [6, 6.07) is 8.72. The minimum Gasteiger partial charge on any atom is -0.497 e. The molecule has 1 amide bonds. The number of nitrogens with one attached hydrogen (secondary N) is 2. The first-order valence-electron chi connectivity index (χ1n) is 8.40. The number of carbonyl (C=O) groups excluding carboxylic acids is 1.